The Kier molecular flexibility index (Phi) is 3.42. The zero-order valence-electron chi connectivity index (χ0n) is 9.56. The van der Waals surface area contributed by atoms with Gasteiger partial charge in [0, 0.05) is 6.54 Å². The number of carboxylic acids is 1. The second-order valence-electron chi connectivity index (χ2n) is 3.69. The van der Waals surface area contributed by atoms with Crippen LogP contribution in [-0.2, 0) is 6.54 Å². The zero-order valence-corrected chi connectivity index (χ0v) is 10.4. The van der Waals surface area contributed by atoms with Gasteiger partial charge in [-0.15, -0.1) is 0 Å². The van der Waals surface area contributed by atoms with E-state index in [-0.39, 0.29) is 11.4 Å². The molecule has 6 nitrogen and oxygen atoms in total. The molecule has 0 aliphatic rings. The molecule has 0 aromatic carbocycles. The van der Waals surface area contributed by atoms with Crippen molar-refractivity contribution in [2.75, 3.05) is 0 Å². The standard InChI is InChI=1S/C11H11N3O3S/c1-6-3-18-4-7(6)2-12-10(15)8-9(11(16)17)14-5-13-8/h3-5H,2H2,1H3,(H,12,15)(H,13,14)(H,16,17). The first kappa shape index (κ1) is 12.3. The van der Waals surface area contributed by atoms with Crippen LogP contribution in [0, 0.1) is 6.92 Å². The third-order valence-corrected chi connectivity index (χ3v) is 3.38. The number of hydrogen-bond donors (Lipinski definition) is 3. The Labute approximate surface area is 107 Å². The van der Waals surface area contributed by atoms with Gasteiger partial charge in [0.15, 0.2) is 11.4 Å². The lowest BCUT2D eigenvalue weighted by Gasteiger charge is -2.03. The minimum absolute atomic E-state index is 0.101. The highest BCUT2D eigenvalue weighted by atomic mass is 32.1. The van der Waals surface area contributed by atoms with E-state index >= 15 is 0 Å². The molecule has 2 aromatic heterocycles. The molecule has 0 saturated heterocycles. The molecule has 7 heteroatoms. The average molecular weight is 265 g/mol. The summed E-state index contributed by atoms with van der Waals surface area (Å²) in [6.45, 7) is 2.31. The third-order valence-electron chi connectivity index (χ3n) is 2.47. The van der Waals surface area contributed by atoms with E-state index in [1.807, 2.05) is 17.7 Å². The summed E-state index contributed by atoms with van der Waals surface area (Å²) >= 11 is 1.56. The minimum Gasteiger partial charge on any atom is -0.477 e. The van der Waals surface area contributed by atoms with Crippen LogP contribution in [-0.4, -0.2) is 27.0 Å². The van der Waals surface area contributed by atoms with E-state index in [0.717, 1.165) is 11.1 Å². The number of aromatic nitrogens is 2. The SMILES string of the molecule is Cc1cscc1CNC(=O)c1nc[nH]c1C(=O)O. The van der Waals surface area contributed by atoms with Gasteiger partial charge in [-0.1, -0.05) is 0 Å². The molecule has 94 valence electrons. The summed E-state index contributed by atoms with van der Waals surface area (Å²) in [7, 11) is 0. The molecular weight excluding hydrogens is 254 g/mol. The number of aromatic amines is 1. The molecule has 0 unspecified atom stereocenters. The van der Waals surface area contributed by atoms with Gasteiger partial charge >= 0.3 is 5.97 Å². The molecule has 2 rings (SSSR count). The second kappa shape index (κ2) is 5.01. The van der Waals surface area contributed by atoms with E-state index in [1.54, 1.807) is 11.3 Å². The molecule has 3 N–H and O–H groups in total. The van der Waals surface area contributed by atoms with Crippen molar-refractivity contribution in [3.63, 3.8) is 0 Å². The van der Waals surface area contributed by atoms with Crippen molar-refractivity contribution in [1.82, 2.24) is 15.3 Å². The van der Waals surface area contributed by atoms with Gasteiger partial charge in [-0.05, 0) is 28.8 Å². The van der Waals surface area contributed by atoms with Crippen LogP contribution < -0.4 is 5.32 Å². The number of hydrogen-bond acceptors (Lipinski definition) is 4. The van der Waals surface area contributed by atoms with Crippen LogP contribution in [0.4, 0.5) is 0 Å². The minimum atomic E-state index is -1.20. The van der Waals surface area contributed by atoms with Gasteiger partial charge in [-0.2, -0.15) is 11.3 Å². The lowest BCUT2D eigenvalue weighted by Crippen LogP contribution is -2.25. The number of aryl methyl sites for hydroxylation is 1. The van der Waals surface area contributed by atoms with Crippen molar-refractivity contribution in [3.05, 3.63) is 39.6 Å². The first-order valence-corrected chi connectivity index (χ1v) is 6.10. The molecule has 1 amide bonds. The lowest BCUT2D eigenvalue weighted by molar-refractivity contribution is 0.0685. The van der Waals surface area contributed by atoms with Gasteiger partial charge in [0.25, 0.3) is 5.91 Å². The maximum atomic E-state index is 11.8. The smallest absolute Gasteiger partial charge is 0.354 e. The summed E-state index contributed by atoms with van der Waals surface area (Å²) in [6, 6.07) is 0. The Bertz CT molecular complexity index is 588. The van der Waals surface area contributed by atoms with Crippen molar-refractivity contribution < 1.29 is 14.7 Å². The third kappa shape index (κ3) is 2.40. The maximum absolute atomic E-state index is 11.8. The second-order valence-corrected chi connectivity index (χ2v) is 4.44. The van der Waals surface area contributed by atoms with Crippen LogP contribution in [0.5, 0.6) is 0 Å². The number of carboxylic acid groups (broad SMARTS) is 1. The first-order valence-electron chi connectivity index (χ1n) is 5.16. The Morgan fingerprint density at radius 2 is 2.28 bits per heavy atom. The van der Waals surface area contributed by atoms with Crippen molar-refractivity contribution >= 4 is 23.2 Å². The summed E-state index contributed by atoms with van der Waals surface area (Å²) in [5, 5.41) is 15.4. The predicted molar refractivity (Wildman–Crippen MR) is 65.8 cm³/mol. The first-order chi connectivity index (χ1) is 8.59. The average Bonchev–Trinajstić information content (AvgIpc) is 2.94. The molecular formula is C11H11N3O3S. The van der Waals surface area contributed by atoms with Crippen molar-refractivity contribution in [2.45, 2.75) is 13.5 Å². The summed E-state index contributed by atoms with van der Waals surface area (Å²) in [5.74, 6) is -1.70. The summed E-state index contributed by atoms with van der Waals surface area (Å²) in [6.07, 6.45) is 1.19. The molecule has 0 atom stereocenters. The molecule has 0 bridgehead atoms. The highest BCUT2D eigenvalue weighted by molar-refractivity contribution is 7.08. The molecule has 0 saturated carbocycles. The summed E-state index contributed by atoms with van der Waals surface area (Å²) in [5.41, 5.74) is 1.81. The molecule has 0 aliphatic carbocycles. The number of rotatable bonds is 4. The van der Waals surface area contributed by atoms with Gasteiger partial charge < -0.3 is 15.4 Å². The number of carbonyl (C=O) groups excluding carboxylic acids is 1. The molecule has 2 heterocycles. The lowest BCUT2D eigenvalue weighted by atomic mass is 10.2. The fourth-order valence-electron chi connectivity index (χ4n) is 1.46. The number of amides is 1. The van der Waals surface area contributed by atoms with Crippen molar-refractivity contribution in [2.24, 2.45) is 0 Å². The molecule has 0 radical (unpaired) electrons. The monoisotopic (exact) mass is 265 g/mol. The van der Waals surface area contributed by atoms with E-state index < -0.39 is 11.9 Å². The van der Waals surface area contributed by atoms with E-state index in [0.29, 0.717) is 6.54 Å². The van der Waals surface area contributed by atoms with Crippen molar-refractivity contribution in [1.29, 1.82) is 0 Å². The Morgan fingerprint density at radius 3 is 2.89 bits per heavy atom. The summed E-state index contributed by atoms with van der Waals surface area (Å²) in [4.78, 5) is 28.7. The van der Waals surface area contributed by atoms with Gasteiger partial charge in [-0.3, -0.25) is 4.79 Å². The van der Waals surface area contributed by atoms with Crippen LogP contribution in [0.3, 0.4) is 0 Å². The van der Waals surface area contributed by atoms with Crippen LogP contribution in [0.2, 0.25) is 0 Å². The van der Waals surface area contributed by atoms with E-state index in [9.17, 15) is 9.59 Å². The van der Waals surface area contributed by atoms with Crippen LogP contribution >= 0.6 is 11.3 Å². The van der Waals surface area contributed by atoms with Crippen LogP contribution in [0.25, 0.3) is 0 Å². The van der Waals surface area contributed by atoms with E-state index in [1.165, 1.54) is 6.33 Å². The van der Waals surface area contributed by atoms with Gasteiger partial charge in [0.1, 0.15) is 0 Å². The van der Waals surface area contributed by atoms with Gasteiger partial charge in [-0.25, -0.2) is 9.78 Å². The van der Waals surface area contributed by atoms with Crippen LogP contribution in [0.1, 0.15) is 32.1 Å². The number of carbonyl (C=O) groups is 2. The fourth-order valence-corrected chi connectivity index (χ4v) is 2.31. The number of imidazole rings is 1. The van der Waals surface area contributed by atoms with E-state index in [2.05, 4.69) is 15.3 Å². The van der Waals surface area contributed by atoms with E-state index in [4.69, 9.17) is 5.11 Å². The Morgan fingerprint density at radius 1 is 1.50 bits per heavy atom. The normalized spacial score (nSPS) is 10.3. The summed E-state index contributed by atoms with van der Waals surface area (Å²) < 4.78 is 0. The fraction of sp³-hybridized carbons (Fsp3) is 0.182. The molecule has 0 fully saturated rings. The van der Waals surface area contributed by atoms with Crippen LogP contribution in [0.15, 0.2) is 17.1 Å². The van der Waals surface area contributed by atoms with Gasteiger partial charge in [0.2, 0.25) is 0 Å². The maximum Gasteiger partial charge on any atom is 0.354 e. The predicted octanol–water partition coefficient (Wildman–Crippen LogP) is 1.41. The number of nitrogens with one attached hydrogen (secondary N) is 2. The van der Waals surface area contributed by atoms with Crippen molar-refractivity contribution in [3.8, 4) is 0 Å². The Balaban J connectivity index is 2.06. The number of H-pyrrole nitrogens is 1. The highest BCUT2D eigenvalue weighted by Gasteiger charge is 2.19. The number of thiophene rings is 1. The number of nitrogens with zero attached hydrogens (tertiary/aromatic N) is 1. The van der Waals surface area contributed by atoms with Gasteiger partial charge in [0.05, 0.1) is 6.33 Å². The Hall–Kier alpha value is -2.15. The topological polar surface area (TPSA) is 95.1 Å². The highest BCUT2D eigenvalue weighted by Crippen LogP contribution is 2.13. The number of aromatic carboxylic acids is 1. The molecule has 0 spiro atoms. The molecule has 18 heavy (non-hydrogen) atoms. The molecule has 2 aromatic rings. The zero-order chi connectivity index (χ0) is 13.1. The molecule has 0 aliphatic heterocycles. The largest absolute Gasteiger partial charge is 0.477 e. The quantitative estimate of drug-likeness (QED) is 0.778.